The maximum Gasteiger partial charge on any atom is 0.264 e. The monoisotopic (exact) mass is 345 g/mol. The summed E-state index contributed by atoms with van der Waals surface area (Å²) < 4.78 is 6.12. The number of pyridine rings is 1. The maximum atomic E-state index is 12.9. The number of nitrogens with zero attached hydrogens (tertiary/aromatic N) is 1. The smallest absolute Gasteiger partial charge is 0.264 e. The predicted molar refractivity (Wildman–Crippen MR) is 93.0 cm³/mol. The first-order chi connectivity index (χ1) is 11.7. The van der Waals surface area contributed by atoms with Crippen molar-refractivity contribution in [1.82, 2.24) is 15.6 Å². The molecule has 2 N–H and O–H groups in total. The molecule has 1 aromatic heterocycles. The number of halogens is 1. The standard InChI is InChI=1S/C18H20ClN3O2/c19-15-3-5-16(6-4-15)24-18(7-10-20-11-8-18)17(23)22-13-14-2-1-9-21-12-14/h1-6,9,12,20H,7-8,10-11,13H2,(H,22,23). The second kappa shape index (κ2) is 7.64. The van der Waals surface area contributed by atoms with Gasteiger partial charge in [0, 0.05) is 36.8 Å². The molecule has 2 heterocycles. The number of hydrogen-bond acceptors (Lipinski definition) is 4. The van der Waals surface area contributed by atoms with Crippen molar-refractivity contribution in [3.8, 4) is 5.75 Å². The Morgan fingerprint density at radius 2 is 2.00 bits per heavy atom. The van der Waals surface area contributed by atoms with Crippen LogP contribution in [-0.4, -0.2) is 29.6 Å². The molecule has 1 saturated heterocycles. The number of benzene rings is 1. The largest absolute Gasteiger partial charge is 0.477 e. The van der Waals surface area contributed by atoms with Crippen LogP contribution in [0.5, 0.6) is 5.75 Å². The van der Waals surface area contributed by atoms with Crippen LogP contribution in [0.3, 0.4) is 0 Å². The van der Waals surface area contributed by atoms with Gasteiger partial charge in [0.05, 0.1) is 0 Å². The van der Waals surface area contributed by atoms with Crippen molar-refractivity contribution in [3.63, 3.8) is 0 Å². The summed E-state index contributed by atoms with van der Waals surface area (Å²) in [5, 5.41) is 6.90. The summed E-state index contributed by atoms with van der Waals surface area (Å²) in [5.74, 6) is 0.556. The van der Waals surface area contributed by atoms with Crippen molar-refractivity contribution in [3.05, 3.63) is 59.4 Å². The summed E-state index contributed by atoms with van der Waals surface area (Å²) in [7, 11) is 0. The van der Waals surface area contributed by atoms with E-state index >= 15 is 0 Å². The zero-order valence-corrected chi connectivity index (χ0v) is 14.1. The Hall–Kier alpha value is -2.11. The van der Waals surface area contributed by atoms with Crippen LogP contribution < -0.4 is 15.4 Å². The highest BCUT2D eigenvalue weighted by molar-refractivity contribution is 6.30. The number of aromatic nitrogens is 1. The molecule has 1 aliphatic rings. The van der Waals surface area contributed by atoms with Crippen LogP contribution in [0.4, 0.5) is 0 Å². The zero-order valence-electron chi connectivity index (χ0n) is 13.3. The van der Waals surface area contributed by atoms with Crippen molar-refractivity contribution in [2.45, 2.75) is 25.0 Å². The van der Waals surface area contributed by atoms with E-state index in [0.29, 0.717) is 30.2 Å². The highest BCUT2D eigenvalue weighted by atomic mass is 35.5. The molecule has 3 rings (SSSR count). The van der Waals surface area contributed by atoms with Crippen LogP contribution >= 0.6 is 11.6 Å². The molecular weight excluding hydrogens is 326 g/mol. The van der Waals surface area contributed by atoms with Crippen LogP contribution in [0, 0.1) is 0 Å². The average molecular weight is 346 g/mol. The Kier molecular flexibility index (Phi) is 5.33. The van der Waals surface area contributed by atoms with Crippen molar-refractivity contribution in [1.29, 1.82) is 0 Å². The summed E-state index contributed by atoms with van der Waals surface area (Å²) in [5.41, 5.74) is 0.0998. The summed E-state index contributed by atoms with van der Waals surface area (Å²) in [6, 6.07) is 10.9. The van der Waals surface area contributed by atoms with Crippen molar-refractivity contribution < 1.29 is 9.53 Å². The normalized spacial score (nSPS) is 16.4. The number of hydrogen-bond donors (Lipinski definition) is 2. The first-order valence-corrected chi connectivity index (χ1v) is 8.38. The van der Waals surface area contributed by atoms with E-state index in [-0.39, 0.29) is 5.91 Å². The molecule has 1 fully saturated rings. The molecule has 0 unspecified atom stereocenters. The Morgan fingerprint density at radius 1 is 1.25 bits per heavy atom. The van der Waals surface area contributed by atoms with Crippen LogP contribution in [0.2, 0.25) is 5.02 Å². The van der Waals surface area contributed by atoms with E-state index in [0.717, 1.165) is 18.7 Å². The molecule has 0 bridgehead atoms. The summed E-state index contributed by atoms with van der Waals surface area (Å²) in [6.45, 7) is 1.92. The molecule has 126 valence electrons. The molecule has 1 amide bonds. The second-order valence-electron chi connectivity index (χ2n) is 5.84. The minimum Gasteiger partial charge on any atom is -0.477 e. The number of carbonyl (C=O) groups is 1. The van der Waals surface area contributed by atoms with Gasteiger partial charge >= 0.3 is 0 Å². The number of piperidine rings is 1. The Morgan fingerprint density at radius 3 is 2.67 bits per heavy atom. The predicted octanol–water partition coefficient (Wildman–Crippen LogP) is 2.55. The van der Waals surface area contributed by atoms with E-state index in [2.05, 4.69) is 15.6 Å². The molecule has 0 radical (unpaired) electrons. The molecule has 0 atom stereocenters. The molecule has 0 saturated carbocycles. The van der Waals surface area contributed by atoms with Crippen LogP contribution in [0.1, 0.15) is 18.4 Å². The van der Waals surface area contributed by atoms with Crippen molar-refractivity contribution in [2.24, 2.45) is 0 Å². The lowest BCUT2D eigenvalue weighted by molar-refractivity contribution is -0.139. The van der Waals surface area contributed by atoms with E-state index in [4.69, 9.17) is 16.3 Å². The Bertz CT molecular complexity index is 670. The number of rotatable bonds is 5. The van der Waals surface area contributed by atoms with Crippen LogP contribution in [0.15, 0.2) is 48.8 Å². The third kappa shape index (κ3) is 4.04. The first kappa shape index (κ1) is 16.7. The van der Waals surface area contributed by atoms with Gasteiger partial charge in [0.25, 0.3) is 5.91 Å². The highest BCUT2D eigenvalue weighted by Gasteiger charge is 2.41. The third-order valence-corrected chi connectivity index (χ3v) is 4.38. The molecule has 1 aliphatic heterocycles. The van der Waals surface area contributed by atoms with Crippen molar-refractivity contribution in [2.75, 3.05) is 13.1 Å². The molecule has 24 heavy (non-hydrogen) atoms. The lowest BCUT2D eigenvalue weighted by atomic mass is 9.90. The third-order valence-electron chi connectivity index (χ3n) is 4.13. The topological polar surface area (TPSA) is 63.2 Å². The second-order valence-corrected chi connectivity index (χ2v) is 6.28. The van der Waals surface area contributed by atoms with Crippen molar-refractivity contribution >= 4 is 17.5 Å². The van der Waals surface area contributed by atoms with Gasteiger partial charge in [-0.05, 0) is 49.0 Å². The van der Waals surface area contributed by atoms with Gasteiger partial charge in [-0.25, -0.2) is 0 Å². The average Bonchev–Trinajstić information content (AvgIpc) is 2.63. The quantitative estimate of drug-likeness (QED) is 0.874. The van der Waals surface area contributed by atoms with E-state index in [9.17, 15) is 4.79 Å². The lowest BCUT2D eigenvalue weighted by Crippen LogP contribution is -2.56. The first-order valence-electron chi connectivity index (χ1n) is 8.00. The number of carbonyl (C=O) groups excluding carboxylic acids is 1. The van der Waals surface area contributed by atoms with Crippen LogP contribution in [-0.2, 0) is 11.3 Å². The van der Waals surface area contributed by atoms with Gasteiger partial charge in [0.1, 0.15) is 5.75 Å². The number of ether oxygens (including phenoxy) is 1. The van der Waals surface area contributed by atoms with E-state index in [1.54, 1.807) is 36.7 Å². The molecule has 0 spiro atoms. The summed E-state index contributed by atoms with van der Waals surface area (Å²) in [4.78, 5) is 16.9. The van der Waals surface area contributed by atoms with Gasteiger partial charge in [0.2, 0.25) is 0 Å². The molecule has 6 heteroatoms. The van der Waals surface area contributed by atoms with Gasteiger partial charge in [-0.15, -0.1) is 0 Å². The minimum absolute atomic E-state index is 0.0946. The fourth-order valence-electron chi connectivity index (χ4n) is 2.78. The van der Waals surface area contributed by atoms with E-state index in [1.807, 2.05) is 12.1 Å². The minimum atomic E-state index is -0.860. The van der Waals surface area contributed by atoms with Gasteiger partial charge in [0.15, 0.2) is 5.60 Å². The fourth-order valence-corrected chi connectivity index (χ4v) is 2.91. The van der Waals surface area contributed by atoms with Gasteiger partial charge < -0.3 is 15.4 Å². The molecule has 1 aromatic carbocycles. The summed E-state index contributed by atoms with van der Waals surface area (Å²) in [6.07, 6.45) is 4.70. The van der Waals surface area contributed by atoms with Gasteiger partial charge in [-0.2, -0.15) is 0 Å². The van der Waals surface area contributed by atoms with E-state index < -0.39 is 5.60 Å². The molecule has 2 aromatic rings. The number of nitrogens with one attached hydrogen (secondary N) is 2. The van der Waals surface area contributed by atoms with Gasteiger partial charge in [-0.1, -0.05) is 17.7 Å². The Balaban J connectivity index is 1.72. The number of amides is 1. The zero-order chi connectivity index (χ0) is 16.8. The van der Waals surface area contributed by atoms with Gasteiger partial charge in [-0.3, -0.25) is 9.78 Å². The fraction of sp³-hybridized carbons (Fsp3) is 0.333. The highest BCUT2D eigenvalue weighted by Crippen LogP contribution is 2.28. The molecule has 0 aliphatic carbocycles. The van der Waals surface area contributed by atoms with Crippen LogP contribution in [0.25, 0.3) is 0 Å². The molecular formula is C18H20ClN3O2. The SMILES string of the molecule is O=C(NCc1cccnc1)C1(Oc2ccc(Cl)cc2)CCNCC1. The summed E-state index contributed by atoms with van der Waals surface area (Å²) >= 11 is 5.92. The maximum absolute atomic E-state index is 12.9. The molecule has 5 nitrogen and oxygen atoms in total. The Labute approximate surface area is 146 Å². The van der Waals surface area contributed by atoms with E-state index in [1.165, 1.54) is 0 Å². The lowest BCUT2D eigenvalue weighted by Gasteiger charge is -2.36.